The lowest BCUT2D eigenvalue weighted by Gasteiger charge is -2.43. The third-order valence-corrected chi connectivity index (χ3v) is 4.92. The third kappa shape index (κ3) is 2.81. The van der Waals surface area contributed by atoms with Gasteiger partial charge in [-0.1, -0.05) is 11.6 Å². The van der Waals surface area contributed by atoms with Crippen molar-refractivity contribution in [3.63, 3.8) is 0 Å². The number of carbonyl (C=O) groups excluding carboxylic acids is 1. The number of rotatable bonds is 2. The van der Waals surface area contributed by atoms with Gasteiger partial charge in [-0.3, -0.25) is 4.79 Å². The Hall–Kier alpha value is -1.89. The van der Waals surface area contributed by atoms with Gasteiger partial charge < -0.3 is 19.9 Å². The number of nitrogens with one attached hydrogen (secondary N) is 2. The first-order valence-corrected chi connectivity index (χ1v) is 8.51. The number of hydrogen-bond acceptors (Lipinski definition) is 4. The van der Waals surface area contributed by atoms with Gasteiger partial charge in [-0.25, -0.2) is 4.98 Å². The Morgan fingerprint density at radius 2 is 2.08 bits per heavy atom. The maximum Gasteiger partial charge on any atom is 0.255 e. The molecule has 0 aliphatic carbocycles. The lowest BCUT2D eigenvalue weighted by atomic mass is 9.89. The van der Waals surface area contributed by atoms with E-state index in [1.807, 2.05) is 10.8 Å². The Labute approximate surface area is 145 Å². The lowest BCUT2D eigenvalue weighted by Crippen LogP contribution is -2.52. The number of imidazole rings is 1. The first-order chi connectivity index (χ1) is 11.7. The highest BCUT2D eigenvalue weighted by atomic mass is 35.5. The smallest absolute Gasteiger partial charge is 0.255 e. The van der Waals surface area contributed by atoms with Crippen LogP contribution in [-0.2, 0) is 21.7 Å². The maximum atomic E-state index is 12.7. The number of halogens is 1. The molecule has 3 heterocycles. The number of amides is 1. The number of hydrogen-bond donors (Lipinski definition) is 2. The number of ether oxygens (including phenoxy) is 1. The van der Waals surface area contributed by atoms with Crippen LogP contribution in [0.1, 0.15) is 18.7 Å². The van der Waals surface area contributed by atoms with Crippen molar-refractivity contribution in [3.05, 3.63) is 47.5 Å². The van der Waals surface area contributed by atoms with Crippen LogP contribution in [0.25, 0.3) is 0 Å². The summed E-state index contributed by atoms with van der Waals surface area (Å²) < 4.78 is 8.34. The molecule has 7 heteroatoms. The summed E-state index contributed by atoms with van der Waals surface area (Å²) in [4.78, 5) is 17.2. The molecule has 24 heavy (non-hydrogen) atoms. The van der Waals surface area contributed by atoms with E-state index in [9.17, 15) is 4.79 Å². The van der Waals surface area contributed by atoms with E-state index in [0.717, 1.165) is 31.8 Å². The van der Waals surface area contributed by atoms with Crippen LogP contribution in [-0.4, -0.2) is 34.7 Å². The number of aromatic nitrogens is 2. The van der Waals surface area contributed by atoms with Crippen molar-refractivity contribution in [3.8, 4) is 0 Å². The molecular formula is C17H19ClN4O2. The van der Waals surface area contributed by atoms with E-state index in [0.29, 0.717) is 17.3 Å². The van der Waals surface area contributed by atoms with Crippen molar-refractivity contribution in [2.45, 2.75) is 31.1 Å². The van der Waals surface area contributed by atoms with Gasteiger partial charge in [-0.15, -0.1) is 0 Å². The van der Waals surface area contributed by atoms with Gasteiger partial charge in [0.15, 0.2) is 6.10 Å². The number of benzene rings is 1. The number of piperidine rings is 1. The highest BCUT2D eigenvalue weighted by Gasteiger charge is 2.45. The molecule has 1 fully saturated rings. The number of nitrogens with zero attached hydrogens (tertiary/aromatic N) is 2. The third-order valence-electron chi connectivity index (χ3n) is 4.67. The molecule has 4 rings (SSSR count). The number of carbonyl (C=O) groups is 1. The van der Waals surface area contributed by atoms with E-state index in [1.165, 1.54) is 0 Å². The highest BCUT2D eigenvalue weighted by molar-refractivity contribution is 6.30. The Bertz CT molecular complexity index is 737. The van der Waals surface area contributed by atoms with E-state index >= 15 is 0 Å². The van der Waals surface area contributed by atoms with Gasteiger partial charge in [0.05, 0.1) is 6.54 Å². The SMILES string of the molecule is O=C(Nc1ccc(Cl)cc1)[C@@H]1Cn2ccnc2C2(CCNCC2)O1. The monoisotopic (exact) mass is 346 g/mol. The second-order valence-electron chi connectivity index (χ2n) is 6.25. The van der Waals surface area contributed by atoms with Crippen LogP contribution in [0.15, 0.2) is 36.7 Å². The molecule has 0 bridgehead atoms. The van der Waals surface area contributed by atoms with Crippen LogP contribution in [0.3, 0.4) is 0 Å². The van der Waals surface area contributed by atoms with Gasteiger partial charge in [0.1, 0.15) is 11.4 Å². The Morgan fingerprint density at radius 1 is 1.33 bits per heavy atom. The fourth-order valence-corrected chi connectivity index (χ4v) is 3.59. The minimum absolute atomic E-state index is 0.144. The molecule has 1 amide bonds. The van der Waals surface area contributed by atoms with E-state index in [4.69, 9.17) is 16.3 Å². The van der Waals surface area contributed by atoms with Crippen LogP contribution < -0.4 is 10.6 Å². The Morgan fingerprint density at radius 3 is 2.83 bits per heavy atom. The summed E-state index contributed by atoms with van der Waals surface area (Å²) in [5.41, 5.74) is 0.235. The van der Waals surface area contributed by atoms with Crippen molar-refractivity contribution in [1.29, 1.82) is 0 Å². The van der Waals surface area contributed by atoms with Gasteiger partial charge in [0.2, 0.25) is 0 Å². The second-order valence-corrected chi connectivity index (χ2v) is 6.69. The van der Waals surface area contributed by atoms with Crippen molar-refractivity contribution in [2.24, 2.45) is 0 Å². The van der Waals surface area contributed by atoms with Crippen molar-refractivity contribution >= 4 is 23.2 Å². The normalized spacial score (nSPS) is 22.1. The molecule has 0 unspecified atom stereocenters. The largest absolute Gasteiger partial charge is 0.352 e. The van der Waals surface area contributed by atoms with Gasteiger partial charge in [0.25, 0.3) is 5.91 Å². The van der Waals surface area contributed by atoms with Crippen LogP contribution in [0.4, 0.5) is 5.69 Å². The fraction of sp³-hybridized carbons (Fsp3) is 0.412. The Kier molecular flexibility index (Phi) is 4.04. The number of anilines is 1. The predicted octanol–water partition coefficient (Wildman–Crippen LogP) is 2.15. The molecule has 1 spiro atoms. The number of fused-ring (bicyclic) bond motifs is 2. The van der Waals surface area contributed by atoms with Gasteiger partial charge in [0, 0.05) is 23.1 Å². The van der Waals surface area contributed by atoms with E-state index in [-0.39, 0.29) is 5.91 Å². The molecule has 6 nitrogen and oxygen atoms in total. The van der Waals surface area contributed by atoms with Crippen molar-refractivity contribution in [2.75, 3.05) is 18.4 Å². The van der Waals surface area contributed by atoms with Crippen molar-refractivity contribution in [1.82, 2.24) is 14.9 Å². The van der Waals surface area contributed by atoms with Gasteiger partial charge >= 0.3 is 0 Å². The highest BCUT2D eigenvalue weighted by Crippen LogP contribution is 2.38. The molecule has 2 aliphatic heterocycles. The van der Waals surface area contributed by atoms with Crippen LogP contribution >= 0.6 is 11.6 Å². The minimum Gasteiger partial charge on any atom is -0.352 e. The first-order valence-electron chi connectivity index (χ1n) is 8.13. The fourth-order valence-electron chi connectivity index (χ4n) is 3.46. The molecular weight excluding hydrogens is 328 g/mol. The second kappa shape index (κ2) is 6.20. The molecule has 1 aromatic heterocycles. The maximum absolute atomic E-state index is 12.7. The van der Waals surface area contributed by atoms with Crippen LogP contribution in [0.5, 0.6) is 0 Å². The van der Waals surface area contributed by atoms with Gasteiger partial charge in [-0.05, 0) is 50.2 Å². The zero-order chi connectivity index (χ0) is 16.6. The molecule has 1 saturated heterocycles. The molecule has 1 atom stereocenters. The molecule has 0 saturated carbocycles. The topological polar surface area (TPSA) is 68.2 Å². The Balaban J connectivity index is 1.56. The lowest BCUT2D eigenvalue weighted by molar-refractivity contribution is -0.163. The van der Waals surface area contributed by atoms with E-state index in [2.05, 4.69) is 15.6 Å². The van der Waals surface area contributed by atoms with E-state index < -0.39 is 11.7 Å². The summed E-state index contributed by atoms with van der Waals surface area (Å²) in [7, 11) is 0. The summed E-state index contributed by atoms with van der Waals surface area (Å²) in [6.07, 6.45) is 4.79. The minimum atomic E-state index is -0.541. The average molecular weight is 347 g/mol. The molecule has 2 N–H and O–H groups in total. The summed E-state index contributed by atoms with van der Waals surface area (Å²) in [6, 6.07) is 7.07. The van der Waals surface area contributed by atoms with Gasteiger partial charge in [-0.2, -0.15) is 0 Å². The summed E-state index contributed by atoms with van der Waals surface area (Å²) in [5, 5.41) is 6.89. The molecule has 2 aromatic rings. The average Bonchev–Trinajstić information content (AvgIpc) is 3.07. The first kappa shape index (κ1) is 15.6. The summed E-state index contributed by atoms with van der Waals surface area (Å²) >= 11 is 5.88. The van der Waals surface area contributed by atoms with Crippen LogP contribution in [0, 0.1) is 0 Å². The zero-order valence-electron chi connectivity index (χ0n) is 13.2. The molecule has 126 valence electrons. The van der Waals surface area contributed by atoms with Crippen LogP contribution in [0.2, 0.25) is 5.02 Å². The quantitative estimate of drug-likeness (QED) is 0.874. The molecule has 1 aromatic carbocycles. The summed E-state index contributed by atoms with van der Waals surface area (Å²) in [6.45, 7) is 2.20. The molecule has 2 aliphatic rings. The zero-order valence-corrected chi connectivity index (χ0v) is 13.9. The van der Waals surface area contributed by atoms with E-state index in [1.54, 1.807) is 30.5 Å². The summed E-state index contributed by atoms with van der Waals surface area (Å²) in [5.74, 6) is 0.786. The standard InChI is InChI=1S/C17H19ClN4O2/c18-12-1-3-13(4-2-12)21-15(23)14-11-22-10-9-20-16(22)17(24-14)5-7-19-8-6-17/h1-4,9-10,14,19H,5-8,11H2,(H,21,23)/t14-/m0/s1. The van der Waals surface area contributed by atoms with Crippen molar-refractivity contribution < 1.29 is 9.53 Å². The molecule has 0 radical (unpaired) electrons. The predicted molar refractivity (Wildman–Crippen MR) is 91.0 cm³/mol.